The molecule has 0 radical (unpaired) electrons. The Hall–Kier alpha value is -6.78. The first-order valence-electron chi connectivity index (χ1n) is 23.4. The first kappa shape index (κ1) is 51.1. The number of hydrogen-bond acceptors (Lipinski definition) is 8. The lowest BCUT2D eigenvalue weighted by molar-refractivity contribution is -0.138. The van der Waals surface area contributed by atoms with Crippen molar-refractivity contribution in [3.05, 3.63) is 192 Å². The smallest absolute Gasteiger partial charge is 0.416 e. The van der Waals surface area contributed by atoms with E-state index in [0.29, 0.717) is 61.4 Å². The lowest BCUT2D eigenvalue weighted by Gasteiger charge is -2.32. The van der Waals surface area contributed by atoms with Gasteiger partial charge in [-0.15, -0.1) is 0 Å². The Bertz CT molecular complexity index is 2310. The van der Waals surface area contributed by atoms with Crippen molar-refractivity contribution in [2.75, 3.05) is 52.5 Å². The predicted molar refractivity (Wildman–Crippen MR) is 254 cm³/mol. The molecule has 16 heteroatoms. The average Bonchev–Trinajstić information content (AvgIpc) is 3.38. The Morgan fingerprint density at radius 1 is 0.500 bits per heavy atom. The van der Waals surface area contributed by atoms with Crippen LogP contribution < -0.4 is 20.1 Å². The topological polar surface area (TPSA) is 109 Å². The van der Waals surface area contributed by atoms with E-state index >= 15 is 0 Å². The highest BCUT2D eigenvalue weighted by Gasteiger charge is 2.33. The third-order valence-corrected chi connectivity index (χ3v) is 12.4. The standard InChI is InChI=1S/2C27H28F3N3O2/c2*28-27(29,30)22-11-9-20(10-12-22)25(24-8-4-5-15-31-24)32-26(34)21-13-16-33(17-14-21)18-19-35-23-6-2-1-3-7-23/h2*1-12,15,21,25H,13-14,16-19H2,(H,32,34). The van der Waals surface area contributed by atoms with E-state index < -0.39 is 35.6 Å². The monoisotopic (exact) mass is 966 g/mol. The summed E-state index contributed by atoms with van der Waals surface area (Å²) in [6, 6.07) is 38.4. The Labute approximate surface area is 404 Å². The minimum absolute atomic E-state index is 0.110. The molecule has 0 bridgehead atoms. The summed E-state index contributed by atoms with van der Waals surface area (Å²) < 4.78 is 89.5. The molecule has 0 saturated carbocycles. The Morgan fingerprint density at radius 2 is 0.843 bits per heavy atom. The SMILES string of the molecule is O=C(NC(c1ccc(C(F)(F)F)cc1)c1ccccn1)C1CCN(CCOc2ccccc2)CC1.O=C(NC(c1ccc(C(F)(F)F)cc1)c1ccccn1)C1CCN(CCOc2ccccc2)CC1. The number of ether oxygens (including phenoxy) is 2. The van der Waals surface area contributed by atoms with Crippen LogP contribution in [0.2, 0.25) is 0 Å². The second-order valence-electron chi connectivity index (χ2n) is 17.2. The summed E-state index contributed by atoms with van der Waals surface area (Å²) >= 11 is 0. The number of piperidine rings is 2. The van der Waals surface area contributed by atoms with Gasteiger partial charge in [-0.05, 0) is 136 Å². The first-order valence-corrected chi connectivity index (χ1v) is 23.4. The molecule has 2 saturated heterocycles. The molecule has 368 valence electrons. The molecule has 4 heterocycles. The summed E-state index contributed by atoms with van der Waals surface area (Å²) in [6.45, 7) is 5.86. The van der Waals surface area contributed by atoms with Crippen LogP contribution in [0.25, 0.3) is 0 Å². The van der Waals surface area contributed by atoms with Crippen LogP contribution in [0.5, 0.6) is 11.5 Å². The van der Waals surface area contributed by atoms with E-state index in [0.717, 1.165) is 75.0 Å². The third-order valence-electron chi connectivity index (χ3n) is 12.4. The van der Waals surface area contributed by atoms with Gasteiger partial charge in [0, 0.05) is 37.3 Å². The Morgan fingerprint density at radius 3 is 1.16 bits per heavy atom. The molecular formula is C54H56F6N6O4. The van der Waals surface area contributed by atoms with Crippen molar-refractivity contribution < 1.29 is 45.4 Å². The van der Waals surface area contributed by atoms with E-state index in [-0.39, 0.29) is 23.7 Å². The van der Waals surface area contributed by atoms with Crippen LogP contribution in [0.15, 0.2) is 158 Å². The Balaban J connectivity index is 0.000000206. The largest absolute Gasteiger partial charge is 0.492 e. The molecule has 6 aromatic rings. The predicted octanol–water partition coefficient (Wildman–Crippen LogP) is 10.2. The maximum atomic E-state index is 13.1. The fourth-order valence-corrected chi connectivity index (χ4v) is 8.45. The van der Waals surface area contributed by atoms with Gasteiger partial charge in [0.1, 0.15) is 24.7 Å². The summed E-state index contributed by atoms with van der Waals surface area (Å²) in [5.41, 5.74) is 0.820. The number of benzene rings is 4. The molecule has 4 aromatic carbocycles. The molecule has 70 heavy (non-hydrogen) atoms. The van der Waals surface area contributed by atoms with E-state index in [1.807, 2.05) is 60.7 Å². The summed E-state index contributed by atoms with van der Waals surface area (Å²) in [7, 11) is 0. The van der Waals surface area contributed by atoms with E-state index in [2.05, 4.69) is 30.4 Å². The number of hydrogen-bond donors (Lipinski definition) is 2. The summed E-state index contributed by atoms with van der Waals surface area (Å²) in [5, 5.41) is 6.06. The maximum absolute atomic E-state index is 13.1. The molecule has 0 spiro atoms. The second-order valence-corrected chi connectivity index (χ2v) is 17.2. The van der Waals surface area contributed by atoms with Gasteiger partial charge in [0.2, 0.25) is 11.8 Å². The van der Waals surface area contributed by atoms with Gasteiger partial charge < -0.3 is 20.1 Å². The van der Waals surface area contributed by atoms with Crippen molar-refractivity contribution in [2.24, 2.45) is 11.8 Å². The highest BCUT2D eigenvalue weighted by atomic mass is 19.4. The van der Waals surface area contributed by atoms with Crippen LogP contribution in [0.3, 0.4) is 0 Å². The van der Waals surface area contributed by atoms with Gasteiger partial charge in [0.25, 0.3) is 0 Å². The molecule has 0 aliphatic carbocycles. The molecule has 2 N–H and O–H groups in total. The van der Waals surface area contributed by atoms with Crippen molar-refractivity contribution in [3.63, 3.8) is 0 Å². The van der Waals surface area contributed by atoms with Crippen LogP contribution >= 0.6 is 0 Å². The molecule has 2 amide bonds. The molecular weight excluding hydrogens is 911 g/mol. The van der Waals surface area contributed by atoms with Crippen LogP contribution in [-0.4, -0.2) is 84.1 Å². The average molecular weight is 967 g/mol. The van der Waals surface area contributed by atoms with Gasteiger partial charge in [-0.3, -0.25) is 29.4 Å². The fraction of sp³-hybridized carbons (Fsp3) is 0.333. The molecule has 8 rings (SSSR count). The number of aromatic nitrogens is 2. The highest BCUT2D eigenvalue weighted by Crippen LogP contribution is 2.33. The third kappa shape index (κ3) is 15.1. The van der Waals surface area contributed by atoms with Crippen LogP contribution in [0.4, 0.5) is 26.3 Å². The zero-order valence-corrected chi connectivity index (χ0v) is 38.5. The number of carbonyl (C=O) groups excluding carboxylic acids is 2. The number of para-hydroxylation sites is 2. The van der Waals surface area contributed by atoms with Crippen molar-refractivity contribution in [1.82, 2.24) is 30.4 Å². The first-order chi connectivity index (χ1) is 33.8. The number of nitrogens with one attached hydrogen (secondary N) is 2. The maximum Gasteiger partial charge on any atom is 0.416 e. The molecule has 2 unspecified atom stereocenters. The zero-order chi connectivity index (χ0) is 49.4. The number of rotatable bonds is 16. The summed E-state index contributed by atoms with van der Waals surface area (Å²) in [6.07, 6.45) is -2.79. The number of alkyl halides is 6. The minimum Gasteiger partial charge on any atom is -0.492 e. The quantitative estimate of drug-likeness (QED) is 0.0924. The molecule has 2 atom stereocenters. The van der Waals surface area contributed by atoms with Crippen LogP contribution in [-0.2, 0) is 21.9 Å². The van der Waals surface area contributed by atoms with E-state index in [4.69, 9.17) is 9.47 Å². The van der Waals surface area contributed by atoms with Gasteiger partial charge in [-0.1, -0.05) is 72.8 Å². The summed E-state index contributed by atoms with van der Waals surface area (Å²) in [5.74, 6) is 1.13. The molecule has 2 fully saturated rings. The lowest BCUT2D eigenvalue weighted by Crippen LogP contribution is -2.43. The van der Waals surface area contributed by atoms with E-state index in [1.165, 1.54) is 24.3 Å². The Kier molecular flexibility index (Phi) is 18.0. The fourth-order valence-electron chi connectivity index (χ4n) is 8.45. The second kappa shape index (κ2) is 24.7. The van der Waals surface area contributed by atoms with Crippen LogP contribution in [0.1, 0.15) is 71.4 Å². The number of pyridine rings is 2. The number of carbonyl (C=O) groups is 2. The number of halogens is 6. The number of amides is 2. The number of nitrogens with zero attached hydrogens (tertiary/aromatic N) is 4. The van der Waals surface area contributed by atoms with Crippen molar-refractivity contribution in [1.29, 1.82) is 0 Å². The van der Waals surface area contributed by atoms with Gasteiger partial charge in [-0.25, -0.2) is 0 Å². The van der Waals surface area contributed by atoms with Crippen LogP contribution in [0, 0.1) is 11.8 Å². The molecule has 2 aromatic heterocycles. The van der Waals surface area contributed by atoms with Crippen molar-refractivity contribution in [3.8, 4) is 11.5 Å². The van der Waals surface area contributed by atoms with Crippen molar-refractivity contribution in [2.45, 2.75) is 50.1 Å². The van der Waals surface area contributed by atoms with E-state index in [1.54, 1.807) is 48.8 Å². The van der Waals surface area contributed by atoms with Gasteiger partial charge in [-0.2, -0.15) is 26.3 Å². The molecule has 10 nitrogen and oxygen atoms in total. The number of likely N-dealkylation sites (tertiary alicyclic amines) is 2. The normalized spacial score (nSPS) is 16.0. The minimum atomic E-state index is -4.41. The van der Waals surface area contributed by atoms with Gasteiger partial charge >= 0.3 is 12.4 Å². The summed E-state index contributed by atoms with van der Waals surface area (Å²) in [4.78, 5) is 39.5. The molecule has 2 aliphatic rings. The van der Waals surface area contributed by atoms with Crippen molar-refractivity contribution >= 4 is 11.8 Å². The highest BCUT2D eigenvalue weighted by molar-refractivity contribution is 5.80. The lowest BCUT2D eigenvalue weighted by atomic mass is 9.94. The van der Waals surface area contributed by atoms with Gasteiger partial charge in [0.15, 0.2) is 0 Å². The molecule has 2 aliphatic heterocycles. The zero-order valence-electron chi connectivity index (χ0n) is 38.5. The van der Waals surface area contributed by atoms with E-state index in [9.17, 15) is 35.9 Å². The van der Waals surface area contributed by atoms with Gasteiger partial charge in [0.05, 0.1) is 34.6 Å².